The molecule has 3 rings (SSSR count). The second-order valence-electron chi connectivity index (χ2n) is 4.81. The Labute approximate surface area is 102 Å². The molecule has 92 valence electrons. The Hall–Kier alpha value is -1.06. The molecule has 1 fully saturated rings. The molecule has 1 aromatic carbocycles. The van der Waals surface area contributed by atoms with Crippen LogP contribution >= 0.6 is 0 Å². The summed E-state index contributed by atoms with van der Waals surface area (Å²) in [5, 5.41) is 3.61. The van der Waals surface area contributed by atoms with Crippen molar-refractivity contribution in [3.05, 3.63) is 29.3 Å². The molecule has 2 heterocycles. The Morgan fingerprint density at radius 3 is 2.94 bits per heavy atom. The van der Waals surface area contributed by atoms with E-state index < -0.39 is 0 Å². The number of fused-ring (bicyclic) bond motifs is 1. The van der Waals surface area contributed by atoms with E-state index in [0.717, 1.165) is 51.4 Å². The third-order valence-electron chi connectivity index (χ3n) is 3.57. The summed E-state index contributed by atoms with van der Waals surface area (Å²) in [6.07, 6.45) is 3.32. The molecule has 1 aromatic rings. The minimum atomic E-state index is 0.619. The second-order valence-corrected chi connectivity index (χ2v) is 4.81. The summed E-state index contributed by atoms with van der Waals surface area (Å²) in [6.45, 7) is 3.59. The number of hydrogen-bond acceptors (Lipinski definition) is 3. The SMILES string of the molecule is c1cc2c(cc1CNC1CCOCC1)CCO2. The Balaban J connectivity index is 1.57. The van der Waals surface area contributed by atoms with Crippen molar-refractivity contribution in [2.75, 3.05) is 19.8 Å². The quantitative estimate of drug-likeness (QED) is 0.865. The average molecular weight is 233 g/mol. The molecule has 2 aliphatic rings. The first kappa shape index (κ1) is 11.1. The van der Waals surface area contributed by atoms with E-state index in [2.05, 4.69) is 23.5 Å². The molecule has 3 heteroatoms. The first-order valence-electron chi connectivity index (χ1n) is 6.47. The lowest BCUT2D eigenvalue weighted by Crippen LogP contribution is -2.34. The first-order chi connectivity index (χ1) is 8.42. The van der Waals surface area contributed by atoms with Crippen LogP contribution in [0.1, 0.15) is 24.0 Å². The third kappa shape index (κ3) is 2.61. The fourth-order valence-corrected chi connectivity index (χ4v) is 2.51. The molecule has 0 unspecified atom stereocenters. The number of benzene rings is 1. The van der Waals surface area contributed by atoms with E-state index in [1.807, 2.05) is 0 Å². The molecule has 0 radical (unpaired) electrons. The molecule has 0 atom stereocenters. The van der Waals surface area contributed by atoms with E-state index in [9.17, 15) is 0 Å². The van der Waals surface area contributed by atoms with Gasteiger partial charge in [-0.2, -0.15) is 0 Å². The molecular weight excluding hydrogens is 214 g/mol. The zero-order valence-electron chi connectivity index (χ0n) is 10.1. The summed E-state index contributed by atoms with van der Waals surface area (Å²) in [5.74, 6) is 1.07. The van der Waals surface area contributed by atoms with Gasteiger partial charge in [0.15, 0.2) is 0 Å². The van der Waals surface area contributed by atoms with Crippen molar-refractivity contribution < 1.29 is 9.47 Å². The molecule has 0 aliphatic carbocycles. The van der Waals surface area contributed by atoms with Crippen molar-refractivity contribution >= 4 is 0 Å². The van der Waals surface area contributed by atoms with Crippen molar-refractivity contribution in [3.63, 3.8) is 0 Å². The Bertz CT molecular complexity index is 386. The lowest BCUT2D eigenvalue weighted by molar-refractivity contribution is 0.0776. The molecule has 0 aromatic heterocycles. The number of ether oxygens (including phenoxy) is 2. The van der Waals surface area contributed by atoms with Gasteiger partial charge in [0.2, 0.25) is 0 Å². The molecular formula is C14H19NO2. The van der Waals surface area contributed by atoms with Gasteiger partial charge in [0.1, 0.15) is 5.75 Å². The van der Waals surface area contributed by atoms with Crippen LogP contribution in [0.15, 0.2) is 18.2 Å². The lowest BCUT2D eigenvalue weighted by Gasteiger charge is -2.23. The second kappa shape index (κ2) is 5.07. The number of rotatable bonds is 3. The third-order valence-corrected chi connectivity index (χ3v) is 3.57. The normalized spacial score (nSPS) is 20.0. The monoisotopic (exact) mass is 233 g/mol. The maximum atomic E-state index is 5.51. The lowest BCUT2D eigenvalue weighted by atomic mass is 10.1. The van der Waals surface area contributed by atoms with Gasteiger partial charge >= 0.3 is 0 Å². The van der Waals surface area contributed by atoms with Crippen LogP contribution in [-0.4, -0.2) is 25.9 Å². The van der Waals surface area contributed by atoms with Crippen molar-refractivity contribution in [2.45, 2.75) is 31.8 Å². The van der Waals surface area contributed by atoms with Crippen molar-refractivity contribution in [1.29, 1.82) is 0 Å². The van der Waals surface area contributed by atoms with Gasteiger partial charge in [-0.3, -0.25) is 0 Å². The van der Waals surface area contributed by atoms with E-state index in [1.165, 1.54) is 11.1 Å². The predicted molar refractivity (Wildman–Crippen MR) is 66.3 cm³/mol. The zero-order chi connectivity index (χ0) is 11.5. The van der Waals surface area contributed by atoms with Gasteiger partial charge in [-0.05, 0) is 30.0 Å². The van der Waals surface area contributed by atoms with Gasteiger partial charge in [0, 0.05) is 32.2 Å². The predicted octanol–water partition coefficient (Wildman–Crippen LogP) is 1.89. The summed E-state index contributed by atoms with van der Waals surface area (Å²) in [7, 11) is 0. The average Bonchev–Trinajstić information content (AvgIpc) is 2.85. The molecule has 3 nitrogen and oxygen atoms in total. The summed E-state index contributed by atoms with van der Waals surface area (Å²) < 4.78 is 10.9. The molecule has 0 bridgehead atoms. The summed E-state index contributed by atoms with van der Waals surface area (Å²) >= 11 is 0. The highest BCUT2D eigenvalue weighted by atomic mass is 16.5. The minimum Gasteiger partial charge on any atom is -0.493 e. The fourth-order valence-electron chi connectivity index (χ4n) is 2.51. The van der Waals surface area contributed by atoms with E-state index in [-0.39, 0.29) is 0 Å². The highest BCUT2D eigenvalue weighted by molar-refractivity contribution is 5.39. The van der Waals surface area contributed by atoms with Crippen LogP contribution in [0.2, 0.25) is 0 Å². The molecule has 2 aliphatic heterocycles. The van der Waals surface area contributed by atoms with E-state index in [4.69, 9.17) is 9.47 Å². The van der Waals surface area contributed by atoms with E-state index in [1.54, 1.807) is 0 Å². The molecule has 0 saturated carbocycles. The van der Waals surface area contributed by atoms with Crippen molar-refractivity contribution in [2.24, 2.45) is 0 Å². The van der Waals surface area contributed by atoms with Crippen LogP contribution in [0.25, 0.3) is 0 Å². The van der Waals surface area contributed by atoms with Gasteiger partial charge in [0.25, 0.3) is 0 Å². The van der Waals surface area contributed by atoms with Gasteiger partial charge < -0.3 is 14.8 Å². The van der Waals surface area contributed by atoms with Crippen LogP contribution in [0, 0.1) is 0 Å². The number of hydrogen-bond donors (Lipinski definition) is 1. The van der Waals surface area contributed by atoms with Crippen LogP contribution < -0.4 is 10.1 Å². The van der Waals surface area contributed by atoms with E-state index >= 15 is 0 Å². The summed E-state index contributed by atoms with van der Waals surface area (Å²) in [5.41, 5.74) is 2.72. The van der Waals surface area contributed by atoms with Crippen molar-refractivity contribution in [1.82, 2.24) is 5.32 Å². The van der Waals surface area contributed by atoms with Gasteiger partial charge in [0.05, 0.1) is 6.61 Å². The molecule has 0 amide bonds. The minimum absolute atomic E-state index is 0.619. The molecule has 1 saturated heterocycles. The Morgan fingerprint density at radius 2 is 2.06 bits per heavy atom. The molecule has 1 N–H and O–H groups in total. The van der Waals surface area contributed by atoms with Gasteiger partial charge in [-0.25, -0.2) is 0 Å². The highest BCUT2D eigenvalue weighted by Gasteiger charge is 2.14. The summed E-state index contributed by atoms with van der Waals surface area (Å²) in [4.78, 5) is 0. The zero-order valence-corrected chi connectivity index (χ0v) is 10.1. The van der Waals surface area contributed by atoms with Crippen LogP contribution in [-0.2, 0) is 17.7 Å². The topological polar surface area (TPSA) is 30.5 Å². The highest BCUT2D eigenvalue weighted by Crippen LogP contribution is 2.25. The molecule has 17 heavy (non-hydrogen) atoms. The van der Waals surface area contributed by atoms with Gasteiger partial charge in [-0.1, -0.05) is 12.1 Å². The Kier molecular flexibility index (Phi) is 3.29. The maximum absolute atomic E-state index is 5.51. The van der Waals surface area contributed by atoms with E-state index in [0.29, 0.717) is 6.04 Å². The Morgan fingerprint density at radius 1 is 1.18 bits per heavy atom. The standard InChI is InChI=1S/C14H19NO2/c1-2-14-12(3-8-17-14)9-11(1)10-15-13-4-6-16-7-5-13/h1-2,9,13,15H,3-8,10H2. The molecule has 0 spiro atoms. The fraction of sp³-hybridized carbons (Fsp3) is 0.571. The van der Waals surface area contributed by atoms with Crippen LogP contribution in [0.5, 0.6) is 5.75 Å². The smallest absolute Gasteiger partial charge is 0.122 e. The maximum Gasteiger partial charge on any atom is 0.122 e. The first-order valence-corrected chi connectivity index (χ1v) is 6.47. The van der Waals surface area contributed by atoms with Crippen LogP contribution in [0.3, 0.4) is 0 Å². The van der Waals surface area contributed by atoms with Crippen molar-refractivity contribution in [3.8, 4) is 5.75 Å². The largest absolute Gasteiger partial charge is 0.493 e. The number of nitrogens with one attached hydrogen (secondary N) is 1. The summed E-state index contributed by atoms with van der Waals surface area (Å²) in [6, 6.07) is 7.15. The van der Waals surface area contributed by atoms with Gasteiger partial charge in [-0.15, -0.1) is 0 Å². The van der Waals surface area contributed by atoms with Crippen LogP contribution in [0.4, 0.5) is 0 Å².